The molecule has 0 unspecified atom stereocenters. The van der Waals surface area contributed by atoms with Gasteiger partial charge in [-0.15, -0.1) is 0 Å². The van der Waals surface area contributed by atoms with Gasteiger partial charge in [0.1, 0.15) is 0 Å². The van der Waals surface area contributed by atoms with Gasteiger partial charge >= 0.3 is 6.01 Å². The predicted molar refractivity (Wildman–Crippen MR) is 54.1 cm³/mol. The standard InChI is InChI=1S/C8H15N5O/c1-5(2)4-10-7-11-6(9)12-8(13-7)14-3/h5H,4H2,1-3H3,(H3,9,10,11,12,13). The minimum atomic E-state index is 0.156. The van der Waals surface area contributed by atoms with Gasteiger partial charge in [0.25, 0.3) is 0 Å². The first-order chi connectivity index (χ1) is 6.61. The predicted octanol–water partition coefficient (Wildman–Crippen LogP) is 0.530. The van der Waals surface area contributed by atoms with Gasteiger partial charge in [0, 0.05) is 6.54 Å². The van der Waals surface area contributed by atoms with Crippen LogP contribution in [0.3, 0.4) is 0 Å². The Balaban J connectivity index is 2.71. The summed E-state index contributed by atoms with van der Waals surface area (Å²) in [7, 11) is 1.49. The number of rotatable bonds is 4. The Morgan fingerprint density at radius 1 is 1.36 bits per heavy atom. The quantitative estimate of drug-likeness (QED) is 0.732. The second-order valence-electron chi connectivity index (χ2n) is 3.28. The van der Waals surface area contributed by atoms with Crippen molar-refractivity contribution in [2.45, 2.75) is 13.8 Å². The van der Waals surface area contributed by atoms with E-state index in [1.54, 1.807) is 0 Å². The summed E-state index contributed by atoms with van der Waals surface area (Å²) in [5.74, 6) is 1.12. The molecule has 3 N–H and O–H groups in total. The zero-order valence-electron chi connectivity index (χ0n) is 8.61. The minimum Gasteiger partial charge on any atom is -0.467 e. The highest BCUT2D eigenvalue weighted by molar-refractivity contribution is 5.32. The van der Waals surface area contributed by atoms with Crippen LogP contribution in [0.1, 0.15) is 13.8 Å². The number of anilines is 2. The van der Waals surface area contributed by atoms with Crippen molar-refractivity contribution in [2.75, 3.05) is 24.7 Å². The maximum atomic E-state index is 5.46. The molecule has 0 amide bonds. The van der Waals surface area contributed by atoms with E-state index < -0.39 is 0 Å². The van der Waals surface area contributed by atoms with E-state index in [1.165, 1.54) is 7.11 Å². The zero-order valence-corrected chi connectivity index (χ0v) is 8.61. The first kappa shape index (κ1) is 10.5. The summed E-state index contributed by atoms with van der Waals surface area (Å²) in [5, 5.41) is 3.04. The van der Waals surface area contributed by atoms with Gasteiger partial charge in [0.15, 0.2) is 0 Å². The number of hydrogen-bond acceptors (Lipinski definition) is 6. The maximum absolute atomic E-state index is 5.46. The lowest BCUT2D eigenvalue weighted by atomic mass is 10.2. The third kappa shape index (κ3) is 3.04. The van der Waals surface area contributed by atoms with Crippen LogP contribution in [-0.2, 0) is 0 Å². The van der Waals surface area contributed by atoms with Crippen LogP contribution in [0.5, 0.6) is 6.01 Å². The van der Waals surface area contributed by atoms with Gasteiger partial charge in [0.05, 0.1) is 7.11 Å². The lowest BCUT2D eigenvalue weighted by Gasteiger charge is -2.07. The van der Waals surface area contributed by atoms with Crippen molar-refractivity contribution in [3.63, 3.8) is 0 Å². The van der Waals surface area contributed by atoms with Crippen LogP contribution < -0.4 is 15.8 Å². The molecular weight excluding hydrogens is 182 g/mol. The van der Waals surface area contributed by atoms with E-state index in [0.29, 0.717) is 11.9 Å². The van der Waals surface area contributed by atoms with E-state index in [2.05, 4.69) is 34.1 Å². The average Bonchev–Trinajstić information content (AvgIpc) is 2.14. The molecule has 0 saturated carbocycles. The minimum absolute atomic E-state index is 0.156. The second-order valence-corrected chi connectivity index (χ2v) is 3.28. The largest absolute Gasteiger partial charge is 0.467 e. The number of nitrogens with one attached hydrogen (secondary N) is 1. The Bertz CT molecular complexity index is 302. The van der Waals surface area contributed by atoms with Crippen LogP contribution in [0.2, 0.25) is 0 Å². The van der Waals surface area contributed by atoms with Crippen LogP contribution in [0, 0.1) is 5.92 Å². The Labute approximate surface area is 82.9 Å². The molecule has 14 heavy (non-hydrogen) atoms. The summed E-state index contributed by atoms with van der Waals surface area (Å²) in [6, 6.07) is 0.226. The number of nitrogens with zero attached hydrogens (tertiary/aromatic N) is 3. The Morgan fingerprint density at radius 2 is 2.07 bits per heavy atom. The van der Waals surface area contributed by atoms with Gasteiger partial charge in [-0.1, -0.05) is 13.8 Å². The first-order valence-corrected chi connectivity index (χ1v) is 4.41. The van der Waals surface area contributed by atoms with Gasteiger partial charge in [-0.3, -0.25) is 0 Å². The summed E-state index contributed by atoms with van der Waals surface area (Å²) in [5.41, 5.74) is 5.46. The Morgan fingerprint density at radius 3 is 2.64 bits per heavy atom. The number of ether oxygens (including phenoxy) is 1. The number of nitrogen functional groups attached to an aromatic ring is 1. The van der Waals surface area contributed by atoms with Gasteiger partial charge in [0.2, 0.25) is 11.9 Å². The van der Waals surface area contributed by atoms with Crippen molar-refractivity contribution in [2.24, 2.45) is 5.92 Å². The molecule has 78 valence electrons. The Kier molecular flexibility index (Phi) is 3.44. The third-order valence-corrected chi connectivity index (χ3v) is 1.48. The highest BCUT2D eigenvalue weighted by Gasteiger charge is 2.03. The smallest absolute Gasteiger partial charge is 0.322 e. The molecular formula is C8H15N5O. The maximum Gasteiger partial charge on any atom is 0.322 e. The topological polar surface area (TPSA) is 86.0 Å². The molecule has 0 aliphatic carbocycles. The molecule has 0 aliphatic rings. The van der Waals surface area contributed by atoms with E-state index >= 15 is 0 Å². The van der Waals surface area contributed by atoms with Crippen molar-refractivity contribution in [3.8, 4) is 6.01 Å². The van der Waals surface area contributed by atoms with Crippen LogP contribution in [0.4, 0.5) is 11.9 Å². The molecule has 1 aromatic heterocycles. The van der Waals surface area contributed by atoms with Crippen molar-refractivity contribution in [1.82, 2.24) is 15.0 Å². The molecule has 0 saturated heterocycles. The summed E-state index contributed by atoms with van der Waals surface area (Å²) < 4.78 is 4.86. The fraction of sp³-hybridized carbons (Fsp3) is 0.625. The van der Waals surface area contributed by atoms with Gasteiger partial charge in [-0.05, 0) is 5.92 Å². The van der Waals surface area contributed by atoms with Crippen molar-refractivity contribution in [3.05, 3.63) is 0 Å². The lowest BCUT2D eigenvalue weighted by Crippen LogP contribution is -2.12. The summed E-state index contributed by atoms with van der Waals surface area (Å²) in [6.07, 6.45) is 0. The van der Waals surface area contributed by atoms with E-state index in [-0.39, 0.29) is 12.0 Å². The molecule has 0 radical (unpaired) electrons. The van der Waals surface area contributed by atoms with Gasteiger partial charge in [-0.2, -0.15) is 15.0 Å². The van der Waals surface area contributed by atoms with Gasteiger partial charge in [-0.25, -0.2) is 0 Å². The molecule has 0 fully saturated rings. The molecule has 6 nitrogen and oxygen atoms in total. The zero-order chi connectivity index (χ0) is 10.6. The van der Waals surface area contributed by atoms with Crippen molar-refractivity contribution < 1.29 is 4.74 Å². The molecule has 6 heteroatoms. The lowest BCUT2D eigenvalue weighted by molar-refractivity contribution is 0.379. The number of aromatic nitrogens is 3. The van der Waals surface area contributed by atoms with Crippen LogP contribution in [0.25, 0.3) is 0 Å². The Hall–Kier alpha value is -1.59. The van der Waals surface area contributed by atoms with Gasteiger partial charge < -0.3 is 15.8 Å². The number of methoxy groups -OCH3 is 1. The summed E-state index contributed by atoms with van der Waals surface area (Å²) in [6.45, 7) is 4.97. The summed E-state index contributed by atoms with van der Waals surface area (Å²) in [4.78, 5) is 11.7. The molecule has 0 atom stereocenters. The van der Waals surface area contributed by atoms with E-state index in [0.717, 1.165) is 6.54 Å². The number of hydrogen-bond donors (Lipinski definition) is 2. The monoisotopic (exact) mass is 197 g/mol. The fourth-order valence-corrected chi connectivity index (χ4v) is 0.838. The van der Waals surface area contributed by atoms with Crippen molar-refractivity contribution >= 4 is 11.9 Å². The normalized spacial score (nSPS) is 10.3. The van der Waals surface area contributed by atoms with E-state index in [4.69, 9.17) is 10.5 Å². The van der Waals surface area contributed by atoms with E-state index in [9.17, 15) is 0 Å². The van der Waals surface area contributed by atoms with Crippen LogP contribution >= 0.6 is 0 Å². The molecule has 1 heterocycles. The molecule has 0 bridgehead atoms. The molecule has 0 spiro atoms. The molecule has 1 aromatic rings. The highest BCUT2D eigenvalue weighted by atomic mass is 16.5. The average molecular weight is 197 g/mol. The summed E-state index contributed by atoms with van der Waals surface area (Å²) >= 11 is 0. The second kappa shape index (κ2) is 4.59. The van der Waals surface area contributed by atoms with Crippen molar-refractivity contribution in [1.29, 1.82) is 0 Å². The van der Waals surface area contributed by atoms with E-state index in [1.807, 2.05) is 0 Å². The van der Waals surface area contributed by atoms with Crippen LogP contribution in [-0.4, -0.2) is 28.6 Å². The molecule has 1 rings (SSSR count). The third-order valence-electron chi connectivity index (χ3n) is 1.48. The SMILES string of the molecule is COc1nc(N)nc(NCC(C)C)n1. The highest BCUT2D eigenvalue weighted by Crippen LogP contribution is 2.08. The molecule has 0 aliphatic heterocycles. The number of nitrogens with two attached hydrogens (primary N) is 1. The van der Waals surface area contributed by atoms with Crippen LogP contribution in [0.15, 0.2) is 0 Å². The first-order valence-electron chi connectivity index (χ1n) is 4.41. The molecule has 0 aromatic carbocycles. The fourth-order valence-electron chi connectivity index (χ4n) is 0.838.